The first-order chi connectivity index (χ1) is 11.3. The summed E-state index contributed by atoms with van der Waals surface area (Å²) in [6.07, 6.45) is 2.43. The second kappa shape index (κ2) is 7.85. The van der Waals surface area contributed by atoms with Gasteiger partial charge in [-0.2, -0.15) is 0 Å². The molecule has 1 aromatic rings. The lowest BCUT2D eigenvalue weighted by atomic mass is 10.0. The molecule has 0 bridgehead atoms. The Morgan fingerprint density at radius 2 is 1.79 bits per heavy atom. The van der Waals surface area contributed by atoms with Crippen molar-refractivity contribution in [2.24, 2.45) is 0 Å². The summed E-state index contributed by atoms with van der Waals surface area (Å²) in [6, 6.07) is 6.35. The van der Waals surface area contributed by atoms with Crippen LogP contribution in [0.3, 0.4) is 0 Å². The monoisotopic (exact) mass is 373 g/mol. The van der Waals surface area contributed by atoms with Crippen LogP contribution in [0.1, 0.15) is 23.2 Å². The number of sulfonamides is 1. The quantitative estimate of drug-likeness (QED) is 0.753. The van der Waals surface area contributed by atoms with Gasteiger partial charge in [0, 0.05) is 30.4 Å². The Morgan fingerprint density at radius 1 is 1.21 bits per heavy atom. The average molecular weight is 374 g/mol. The average Bonchev–Trinajstić information content (AvgIpc) is 2.54. The van der Waals surface area contributed by atoms with Gasteiger partial charge in [-0.3, -0.25) is 14.3 Å². The molecule has 1 heterocycles. The number of carbonyl (C=O) groups excluding carboxylic acids is 2. The summed E-state index contributed by atoms with van der Waals surface area (Å²) in [5.74, 6) is -0.369. The maximum Gasteiger partial charge on any atom is 0.253 e. The molecule has 0 aliphatic carbocycles. The van der Waals surface area contributed by atoms with Crippen LogP contribution in [0.4, 0.5) is 5.69 Å². The van der Waals surface area contributed by atoms with E-state index in [4.69, 9.17) is 11.6 Å². The van der Waals surface area contributed by atoms with E-state index in [1.165, 1.54) is 0 Å². The number of likely N-dealkylation sites (tertiary alicyclic amines) is 1. The molecule has 2 N–H and O–H groups in total. The molecule has 0 aromatic heterocycles. The number of halogens is 1. The van der Waals surface area contributed by atoms with E-state index in [1.807, 2.05) is 0 Å². The molecular weight excluding hydrogens is 354 g/mol. The van der Waals surface area contributed by atoms with Crippen molar-refractivity contribution in [1.29, 1.82) is 0 Å². The number of anilines is 1. The zero-order valence-corrected chi connectivity index (χ0v) is 14.9. The number of nitrogens with one attached hydrogen (secondary N) is 2. The van der Waals surface area contributed by atoms with Gasteiger partial charge in [0.15, 0.2) is 0 Å². The normalized spacial score (nSPS) is 15.8. The largest absolute Gasteiger partial charge is 0.352 e. The molecule has 0 radical (unpaired) electrons. The Kier molecular flexibility index (Phi) is 6.06. The van der Waals surface area contributed by atoms with Gasteiger partial charge in [0.2, 0.25) is 15.9 Å². The highest BCUT2D eigenvalue weighted by Gasteiger charge is 2.24. The zero-order valence-electron chi connectivity index (χ0n) is 13.3. The lowest BCUT2D eigenvalue weighted by Gasteiger charge is -2.32. The Labute approximate surface area is 146 Å². The van der Waals surface area contributed by atoms with Gasteiger partial charge in [-0.05, 0) is 37.1 Å². The zero-order chi connectivity index (χ0) is 17.7. The highest BCUT2D eigenvalue weighted by atomic mass is 35.5. The summed E-state index contributed by atoms with van der Waals surface area (Å²) in [6.45, 7) is 1.10. The van der Waals surface area contributed by atoms with Crippen LogP contribution in [0, 0.1) is 0 Å². The standard InChI is InChI=1S/C15H20ClN3O4S/c1-24(22,23)18-13-4-2-11(3-5-13)15(21)19-8-6-12(7-9-19)17-14(20)10-16/h2-5,12,18H,6-10H2,1H3,(H,17,20). The lowest BCUT2D eigenvalue weighted by molar-refractivity contribution is -0.119. The second-order valence-electron chi connectivity index (χ2n) is 5.72. The highest BCUT2D eigenvalue weighted by Crippen LogP contribution is 2.16. The molecule has 0 unspecified atom stereocenters. The van der Waals surface area contributed by atoms with Crippen molar-refractivity contribution in [2.45, 2.75) is 18.9 Å². The lowest BCUT2D eigenvalue weighted by Crippen LogP contribution is -2.46. The number of alkyl halides is 1. The van der Waals surface area contributed by atoms with Gasteiger partial charge in [-0.25, -0.2) is 8.42 Å². The van der Waals surface area contributed by atoms with Crippen molar-refractivity contribution < 1.29 is 18.0 Å². The molecule has 2 rings (SSSR count). The van der Waals surface area contributed by atoms with Gasteiger partial charge in [-0.15, -0.1) is 11.6 Å². The minimum Gasteiger partial charge on any atom is -0.352 e. The molecule has 7 nitrogen and oxygen atoms in total. The fourth-order valence-electron chi connectivity index (χ4n) is 2.57. The fourth-order valence-corrected chi connectivity index (χ4v) is 3.21. The molecule has 1 aliphatic rings. The van der Waals surface area contributed by atoms with Crippen LogP contribution >= 0.6 is 11.6 Å². The van der Waals surface area contributed by atoms with Crippen LogP contribution in [0.25, 0.3) is 0 Å². The summed E-state index contributed by atoms with van der Waals surface area (Å²) in [5, 5.41) is 2.82. The first-order valence-corrected chi connectivity index (χ1v) is 9.93. The third-order valence-electron chi connectivity index (χ3n) is 3.70. The molecule has 0 atom stereocenters. The number of nitrogens with zero attached hydrogens (tertiary/aromatic N) is 1. The number of benzene rings is 1. The molecule has 1 saturated heterocycles. The van der Waals surface area contributed by atoms with Crippen LogP contribution in [0.15, 0.2) is 24.3 Å². The minimum atomic E-state index is -3.34. The van der Waals surface area contributed by atoms with Crippen LogP contribution in [-0.4, -0.2) is 56.4 Å². The molecule has 9 heteroatoms. The maximum absolute atomic E-state index is 12.5. The summed E-state index contributed by atoms with van der Waals surface area (Å²) in [4.78, 5) is 25.5. The van der Waals surface area contributed by atoms with E-state index in [0.29, 0.717) is 37.2 Å². The van der Waals surface area contributed by atoms with E-state index in [2.05, 4.69) is 10.0 Å². The van der Waals surface area contributed by atoms with Gasteiger partial charge < -0.3 is 10.2 Å². The van der Waals surface area contributed by atoms with Crippen LogP contribution in [0.2, 0.25) is 0 Å². The van der Waals surface area contributed by atoms with E-state index in [-0.39, 0.29) is 23.7 Å². The van der Waals surface area contributed by atoms with Gasteiger partial charge >= 0.3 is 0 Å². The molecule has 0 saturated carbocycles. The van der Waals surface area contributed by atoms with Crippen LogP contribution in [-0.2, 0) is 14.8 Å². The first kappa shape index (κ1) is 18.5. The SMILES string of the molecule is CS(=O)(=O)Nc1ccc(C(=O)N2CCC(NC(=O)CCl)CC2)cc1. The molecule has 0 spiro atoms. The van der Waals surface area contributed by atoms with E-state index in [0.717, 1.165) is 6.26 Å². The molecule has 2 amide bonds. The summed E-state index contributed by atoms with van der Waals surface area (Å²) >= 11 is 5.46. The molecule has 24 heavy (non-hydrogen) atoms. The number of hydrogen-bond donors (Lipinski definition) is 2. The van der Waals surface area contributed by atoms with Crippen molar-refractivity contribution in [1.82, 2.24) is 10.2 Å². The Balaban J connectivity index is 1.92. The molecular formula is C15H20ClN3O4S. The molecule has 1 aromatic carbocycles. The Morgan fingerprint density at radius 3 is 2.29 bits per heavy atom. The first-order valence-electron chi connectivity index (χ1n) is 7.51. The molecule has 132 valence electrons. The molecule has 1 fully saturated rings. The number of carbonyl (C=O) groups is 2. The van der Waals surface area contributed by atoms with Crippen LogP contribution < -0.4 is 10.0 Å². The van der Waals surface area contributed by atoms with Crippen molar-refractivity contribution in [3.8, 4) is 0 Å². The minimum absolute atomic E-state index is 0.0432. The number of amides is 2. The second-order valence-corrected chi connectivity index (χ2v) is 7.73. The Bertz CT molecular complexity index is 698. The van der Waals surface area contributed by atoms with Gasteiger partial charge in [0.25, 0.3) is 5.91 Å². The third-order valence-corrected chi connectivity index (χ3v) is 4.55. The number of hydrogen-bond acceptors (Lipinski definition) is 4. The highest BCUT2D eigenvalue weighted by molar-refractivity contribution is 7.92. The smallest absolute Gasteiger partial charge is 0.253 e. The molecule has 1 aliphatic heterocycles. The predicted molar refractivity (Wildman–Crippen MR) is 92.7 cm³/mol. The van der Waals surface area contributed by atoms with Crippen molar-refractivity contribution in [3.63, 3.8) is 0 Å². The topological polar surface area (TPSA) is 95.6 Å². The number of rotatable bonds is 5. The van der Waals surface area contributed by atoms with Gasteiger partial charge in [-0.1, -0.05) is 0 Å². The van der Waals surface area contributed by atoms with E-state index >= 15 is 0 Å². The Hall–Kier alpha value is -1.80. The predicted octanol–water partition coefficient (Wildman–Crippen LogP) is 1.02. The van der Waals surface area contributed by atoms with Crippen LogP contribution in [0.5, 0.6) is 0 Å². The third kappa shape index (κ3) is 5.38. The number of piperidine rings is 1. The summed E-state index contributed by atoms with van der Waals surface area (Å²) in [7, 11) is -3.34. The van der Waals surface area contributed by atoms with Crippen molar-refractivity contribution in [2.75, 3.05) is 29.9 Å². The summed E-state index contributed by atoms with van der Waals surface area (Å²) in [5.41, 5.74) is 0.911. The van der Waals surface area contributed by atoms with E-state index in [1.54, 1.807) is 29.2 Å². The van der Waals surface area contributed by atoms with Crippen molar-refractivity contribution in [3.05, 3.63) is 29.8 Å². The summed E-state index contributed by atoms with van der Waals surface area (Å²) < 4.78 is 24.7. The van der Waals surface area contributed by atoms with E-state index in [9.17, 15) is 18.0 Å². The maximum atomic E-state index is 12.5. The van der Waals surface area contributed by atoms with Gasteiger partial charge in [0.1, 0.15) is 5.88 Å². The van der Waals surface area contributed by atoms with Gasteiger partial charge in [0.05, 0.1) is 6.26 Å². The van der Waals surface area contributed by atoms with Crippen molar-refractivity contribution >= 4 is 39.1 Å². The van der Waals surface area contributed by atoms with E-state index < -0.39 is 10.0 Å². The fraction of sp³-hybridized carbons (Fsp3) is 0.467.